The molecule has 0 saturated carbocycles. The third-order valence-electron chi connectivity index (χ3n) is 3.99. The molecule has 3 rings (SSSR count). The molecule has 1 N–H and O–H groups in total. The molecule has 5 heteroatoms. The maximum absolute atomic E-state index is 12.4. The van der Waals surface area contributed by atoms with E-state index in [0.29, 0.717) is 10.6 Å². The summed E-state index contributed by atoms with van der Waals surface area (Å²) in [7, 11) is 0. The summed E-state index contributed by atoms with van der Waals surface area (Å²) in [5.74, 6) is -0.476. The van der Waals surface area contributed by atoms with Crippen molar-refractivity contribution in [1.82, 2.24) is 0 Å². The number of hydrogen-bond acceptors (Lipinski definition) is 4. The maximum atomic E-state index is 12.4. The molecule has 2 aromatic rings. The molecule has 1 aromatic carbocycles. The van der Waals surface area contributed by atoms with Crippen molar-refractivity contribution in [3.05, 3.63) is 57.5 Å². The number of nitrogens with one attached hydrogen (secondary N) is 1. The second kappa shape index (κ2) is 7.12. The number of thiophene rings is 1. The molecule has 0 aliphatic heterocycles. The highest BCUT2D eigenvalue weighted by molar-refractivity contribution is 7.16. The summed E-state index contributed by atoms with van der Waals surface area (Å²) in [6, 6.07) is 13.4. The van der Waals surface area contributed by atoms with Gasteiger partial charge in [0.15, 0.2) is 0 Å². The van der Waals surface area contributed by atoms with Crippen LogP contribution in [0.4, 0.5) is 5.00 Å². The van der Waals surface area contributed by atoms with Gasteiger partial charge in [0, 0.05) is 4.88 Å². The first kappa shape index (κ1) is 16.0. The number of rotatable bonds is 3. The smallest absolute Gasteiger partial charge is 0.266 e. The van der Waals surface area contributed by atoms with Gasteiger partial charge in [0.05, 0.1) is 5.56 Å². The van der Waals surface area contributed by atoms with Gasteiger partial charge in [-0.1, -0.05) is 30.3 Å². The van der Waals surface area contributed by atoms with E-state index in [2.05, 4.69) is 11.4 Å². The molecule has 0 spiro atoms. The Bertz CT molecular complexity index is 882. The number of carbonyl (C=O) groups excluding carboxylic acids is 1. The number of hydrogen-bond donors (Lipinski definition) is 1. The van der Waals surface area contributed by atoms with E-state index in [1.54, 1.807) is 6.08 Å². The fourth-order valence-electron chi connectivity index (χ4n) is 2.81. The van der Waals surface area contributed by atoms with E-state index >= 15 is 0 Å². The molecule has 0 radical (unpaired) electrons. The van der Waals surface area contributed by atoms with E-state index in [1.807, 2.05) is 36.4 Å². The molecule has 0 bridgehead atoms. The van der Waals surface area contributed by atoms with Gasteiger partial charge < -0.3 is 5.32 Å². The Labute approximate surface area is 144 Å². The average molecular weight is 333 g/mol. The summed E-state index contributed by atoms with van der Waals surface area (Å²) in [6.45, 7) is 0. The Morgan fingerprint density at radius 3 is 2.62 bits per heavy atom. The molecular formula is C19H15N3OS. The predicted molar refractivity (Wildman–Crippen MR) is 94.3 cm³/mol. The van der Waals surface area contributed by atoms with Crippen LogP contribution in [0.25, 0.3) is 6.08 Å². The van der Waals surface area contributed by atoms with Gasteiger partial charge in [-0.25, -0.2) is 0 Å². The molecule has 1 heterocycles. The van der Waals surface area contributed by atoms with Crippen LogP contribution in [0.3, 0.4) is 0 Å². The zero-order valence-corrected chi connectivity index (χ0v) is 13.8. The van der Waals surface area contributed by atoms with Crippen LogP contribution < -0.4 is 5.32 Å². The first-order valence-electron chi connectivity index (χ1n) is 7.75. The van der Waals surface area contributed by atoms with E-state index in [0.717, 1.165) is 36.8 Å². The Morgan fingerprint density at radius 1 is 1.17 bits per heavy atom. The first-order chi connectivity index (χ1) is 11.7. The number of anilines is 1. The van der Waals surface area contributed by atoms with Crippen molar-refractivity contribution in [3.8, 4) is 12.1 Å². The second-order valence-corrected chi connectivity index (χ2v) is 6.67. The third kappa shape index (κ3) is 3.22. The molecule has 4 nitrogen and oxygen atoms in total. The summed E-state index contributed by atoms with van der Waals surface area (Å²) in [5.41, 5.74) is 2.43. The molecular weight excluding hydrogens is 318 g/mol. The van der Waals surface area contributed by atoms with Crippen molar-refractivity contribution in [2.45, 2.75) is 25.7 Å². The van der Waals surface area contributed by atoms with Crippen LogP contribution in [0.15, 0.2) is 35.9 Å². The highest BCUT2D eigenvalue weighted by atomic mass is 32.1. The molecule has 1 aliphatic carbocycles. The lowest BCUT2D eigenvalue weighted by atomic mass is 9.96. The fourth-order valence-corrected chi connectivity index (χ4v) is 4.04. The average Bonchev–Trinajstić information content (AvgIpc) is 2.97. The zero-order chi connectivity index (χ0) is 16.9. The Hall–Kier alpha value is -2.89. The molecule has 0 fully saturated rings. The lowest BCUT2D eigenvalue weighted by molar-refractivity contribution is -0.112. The zero-order valence-electron chi connectivity index (χ0n) is 13.0. The summed E-state index contributed by atoms with van der Waals surface area (Å²) in [5, 5.41) is 22.0. The van der Waals surface area contributed by atoms with Crippen molar-refractivity contribution in [1.29, 1.82) is 10.5 Å². The molecule has 0 saturated heterocycles. The Kier molecular flexibility index (Phi) is 4.74. The van der Waals surface area contributed by atoms with Gasteiger partial charge in [0.25, 0.3) is 5.91 Å². The van der Waals surface area contributed by atoms with Crippen molar-refractivity contribution in [2.24, 2.45) is 0 Å². The van der Waals surface area contributed by atoms with Crippen molar-refractivity contribution >= 4 is 28.3 Å². The number of nitriles is 2. The quantitative estimate of drug-likeness (QED) is 0.680. The summed E-state index contributed by atoms with van der Waals surface area (Å²) >= 11 is 1.46. The van der Waals surface area contributed by atoms with E-state index < -0.39 is 5.91 Å². The third-order valence-corrected chi connectivity index (χ3v) is 5.19. The molecule has 0 atom stereocenters. The van der Waals surface area contributed by atoms with Gasteiger partial charge in [-0.2, -0.15) is 10.5 Å². The minimum atomic E-state index is -0.476. The van der Waals surface area contributed by atoms with Crippen LogP contribution >= 0.6 is 11.3 Å². The molecule has 1 aliphatic rings. The van der Waals surface area contributed by atoms with Crippen molar-refractivity contribution < 1.29 is 4.79 Å². The van der Waals surface area contributed by atoms with Gasteiger partial charge in [-0.3, -0.25) is 4.79 Å². The van der Waals surface area contributed by atoms with Crippen LogP contribution in [0.1, 0.15) is 34.4 Å². The van der Waals surface area contributed by atoms with Crippen molar-refractivity contribution in [2.75, 3.05) is 5.32 Å². The van der Waals surface area contributed by atoms with Gasteiger partial charge >= 0.3 is 0 Å². The standard InChI is InChI=1S/C19H15N3OS/c20-11-14(10-13-6-2-1-3-7-13)18(23)22-19-16(12-21)15-8-4-5-9-17(15)24-19/h1-3,6-7,10H,4-5,8-9H2,(H,22,23). The van der Waals surface area contributed by atoms with Crippen LogP contribution in [0.5, 0.6) is 0 Å². The van der Waals surface area contributed by atoms with Gasteiger partial charge in [0.1, 0.15) is 22.7 Å². The van der Waals surface area contributed by atoms with Crippen LogP contribution in [0.2, 0.25) is 0 Å². The lowest BCUT2D eigenvalue weighted by Gasteiger charge is -2.09. The molecule has 1 amide bonds. The predicted octanol–water partition coefficient (Wildman–Crippen LogP) is 4.04. The number of carbonyl (C=O) groups is 1. The molecule has 118 valence electrons. The van der Waals surface area contributed by atoms with Gasteiger partial charge in [-0.15, -0.1) is 11.3 Å². The molecule has 24 heavy (non-hydrogen) atoms. The van der Waals surface area contributed by atoms with Crippen LogP contribution in [0, 0.1) is 22.7 Å². The fraction of sp³-hybridized carbons (Fsp3) is 0.211. The highest BCUT2D eigenvalue weighted by Crippen LogP contribution is 2.37. The van der Waals surface area contributed by atoms with E-state index in [-0.39, 0.29) is 5.57 Å². The SMILES string of the molecule is N#CC(=Cc1ccccc1)C(=O)Nc1sc2c(c1C#N)CCCC2. The Morgan fingerprint density at radius 2 is 1.92 bits per heavy atom. The second-order valence-electron chi connectivity index (χ2n) is 5.56. The van der Waals surface area contributed by atoms with Gasteiger partial charge in [0.2, 0.25) is 0 Å². The minimum absolute atomic E-state index is 0.0245. The highest BCUT2D eigenvalue weighted by Gasteiger charge is 2.22. The largest absolute Gasteiger partial charge is 0.312 e. The first-order valence-corrected chi connectivity index (χ1v) is 8.57. The summed E-state index contributed by atoms with van der Waals surface area (Å²) in [4.78, 5) is 13.6. The van der Waals surface area contributed by atoms with Crippen molar-refractivity contribution in [3.63, 3.8) is 0 Å². The molecule has 0 unspecified atom stereocenters. The van der Waals surface area contributed by atoms with Crippen LogP contribution in [-0.2, 0) is 17.6 Å². The monoisotopic (exact) mass is 333 g/mol. The van der Waals surface area contributed by atoms with Crippen LogP contribution in [-0.4, -0.2) is 5.91 Å². The Balaban J connectivity index is 1.87. The van der Waals surface area contributed by atoms with E-state index in [1.165, 1.54) is 16.2 Å². The lowest BCUT2D eigenvalue weighted by Crippen LogP contribution is -2.13. The summed E-state index contributed by atoms with van der Waals surface area (Å²) < 4.78 is 0. The van der Waals surface area contributed by atoms with Gasteiger partial charge in [-0.05, 0) is 42.9 Å². The number of nitrogens with zero attached hydrogens (tertiary/aromatic N) is 2. The maximum Gasteiger partial charge on any atom is 0.266 e. The van der Waals surface area contributed by atoms with E-state index in [9.17, 15) is 15.3 Å². The molecule has 1 aromatic heterocycles. The number of aryl methyl sites for hydroxylation is 1. The number of benzene rings is 1. The van der Waals surface area contributed by atoms with E-state index in [4.69, 9.17) is 0 Å². The topological polar surface area (TPSA) is 76.7 Å². The number of fused-ring (bicyclic) bond motifs is 1. The number of amides is 1. The normalized spacial score (nSPS) is 13.5. The summed E-state index contributed by atoms with van der Waals surface area (Å²) in [6.07, 6.45) is 5.58. The minimum Gasteiger partial charge on any atom is -0.312 e.